The molecule has 0 aliphatic rings. The van der Waals surface area contributed by atoms with Crippen molar-refractivity contribution in [1.82, 2.24) is 0 Å². The van der Waals surface area contributed by atoms with E-state index in [4.69, 9.17) is 26.0 Å². The molecule has 168 valence electrons. The highest BCUT2D eigenvalue weighted by molar-refractivity contribution is 6.43. The molecule has 0 radical (unpaired) electrons. The van der Waals surface area contributed by atoms with Crippen molar-refractivity contribution >= 4 is 29.0 Å². The van der Waals surface area contributed by atoms with Crippen molar-refractivity contribution in [2.45, 2.75) is 19.7 Å². The average molecular weight is 467 g/mol. The second kappa shape index (κ2) is 11.2. The van der Waals surface area contributed by atoms with E-state index in [0.29, 0.717) is 11.1 Å². The first-order chi connectivity index (χ1) is 15.2. The zero-order valence-corrected chi connectivity index (χ0v) is 18.0. The van der Waals surface area contributed by atoms with Crippen molar-refractivity contribution in [3.05, 3.63) is 69.7 Å². The van der Waals surface area contributed by atoms with Crippen LogP contribution in [0.5, 0.6) is 0 Å². The van der Waals surface area contributed by atoms with Crippen LogP contribution >= 0.6 is 11.6 Å². The molecule has 0 amide bonds. The van der Waals surface area contributed by atoms with Crippen LogP contribution in [0.25, 0.3) is 0 Å². The molecule has 0 heterocycles. The Labute approximate surface area is 187 Å². The Hall–Kier alpha value is -3.51. The highest BCUT2D eigenvalue weighted by atomic mass is 35.5. The van der Waals surface area contributed by atoms with Gasteiger partial charge in [-0.1, -0.05) is 52.1 Å². The molecule has 0 bridgehead atoms. The molecule has 10 heteroatoms. The smallest absolute Gasteiger partial charge is 0.417 e. The summed E-state index contributed by atoms with van der Waals surface area (Å²) in [5.74, 6) is 4.24. The number of oxime groups is 2. The van der Waals surface area contributed by atoms with Gasteiger partial charge in [-0.3, -0.25) is 0 Å². The van der Waals surface area contributed by atoms with Gasteiger partial charge in [0.05, 0.1) is 12.7 Å². The topological polar surface area (TPSA) is 69.5 Å². The molecular formula is C22H18ClF3N2O4. The van der Waals surface area contributed by atoms with E-state index < -0.39 is 17.7 Å². The lowest BCUT2D eigenvalue weighted by atomic mass is 10.0. The molecule has 0 saturated carbocycles. The van der Waals surface area contributed by atoms with E-state index in [1.807, 2.05) is 0 Å². The summed E-state index contributed by atoms with van der Waals surface area (Å²) in [6.45, 7) is 1.41. The molecule has 0 aliphatic heterocycles. The predicted molar refractivity (Wildman–Crippen MR) is 113 cm³/mol. The average Bonchev–Trinajstić information content (AvgIpc) is 2.76. The maximum Gasteiger partial charge on any atom is 0.417 e. The molecule has 0 aliphatic carbocycles. The number of nitrogens with zero attached hydrogens (tertiary/aromatic N) is 2. The lowest BCUT2D eigenvalue weighted by Gasteiger charge is -2.09. The maximum absolute atomic E-state index is 13.2. The van der Waals surface area contributed by atoms with E-state index in [2.05, 4.69) is 22.2 Å². The number of hydrogen-bond donors (Lipinski definition) is 0. The number of alkyl halides is 3. The van der Waals surface area contributed by atoms with Crippen LogP contribution in [0.1, 0.15) is 29.2 Å². The predicted octanol–water partition coefficient (Wildman–Crippen LogP) is 4.83. The van der Waals surface area contributed by atoms with Crippen LogP contribution in [-0.2, 0) is 32.0 Å². The molecule has 2 aromatic carbocycles. The van der Waals surface area contributed by atoms with Gasteiger partial charge in [-0.15, -0.1) is 0 Å². The Morgan fingerprint density at radius 1 is 1.12 bits per heavy atom. The third-order valence-electron chi connectivity index (χ3n) is 3.92. The fraction of sp³-hybridized carbons (Fsp3) is 0.227. The Bertz CT molecular complexity index is 1100. The largest absolute Gasteiger partial charge is 0.464 e. The van der Waals surface area contributed by atoms with Gasteiger partial charge in [-0.25, -0.2) is 4.79 Å². The molecule has 0 N–H and O–H groups in total. The zero-order chi connectivity index (χ0) is 23.7. The molecular weight excluding hydrogens is 449 g/mol. The molecule has 32 heavy (non-hydrogen) atoms. The number of ether oxygens (including phenoxy) is 1. The summed E-state index contributed by atoms with van der Waals surface area (Å²) in [5, 5.41) is 7.45. The molecule has 0 fully saturated rings. The number of benzene rings is 2. The Balaban J connectivity index is 2.20. The maximum atomic E-state index is 13.2. The van der Waals surface area contributed by atoms with E-state index >= 15 is 0 Å². The lowest BCUT2D eigenvalue weighted by molar-refractivity contribution is -0.137. The summed E-state index contributed by atoms with van der Waals surface area (Å²) in [7, 11) is 2.50. The van der Waals surface area contributed by atoms with Crippen LogP contribution in [-0.4, -0.2) is 31.6 Å². The quantitative estimate of drug-likeness (QED) is 0.265. The Morgan fingerprint density at radius 2 is 1.84 bits per heavy atom. The van der Waals surface area contributed by atoms with Gasteiger partial charge in [-0.05, 0) is 31.0 Å². The molecule has 0 atom stereocenters. The second-order valence-electron chi connectivity index (χ2n) is 6.16. The van der Waals surface area contributed by atoms with Crippen LogP contribution in [0, 0.1) is 11.8 Å². The second-order valence-corrected chi connectivity index (χ2v) is 6.60. The van der Waals surface area contributed by atoms with Gasteiger partial charge in [0.25, 0.3) is 0 Å². The van der Waals surface area contributed by atoms with Crippen molar-refractivity contribution in [1.29, 1.82) is 0 Å². The van der Waals surface area contributed by atoms with E-state index in [-0.39, 0.29) is 28.6 Å². The molecule has 0 spiro atoms. The summed E-state index contributed by atoms with van der Waals surface area (Å²) in [6, 6.07) is 10.0. The number of carbonyl (C=O) groups excluding carboxylic acids is 1. The number of esters is 1. The lowest BCUT2D eigenvalue weighted by Crippen LogP contribution is -2.19. The van der Waals surface area contributed by atoms with E-state index in [1.54, 1.807) is 24.3 Å². The van der Waals surface area contributed by atoms with Crippen LogP contribution in [0.3, 0.4) is 0 Å². The van der Waals surface area contributed by atoms with Crippen molar-refractivity contribution in [3.63, 3.8) is 0 Å². The van der Waals surface area contributed by atoms with Crippen LogP contribution < -0.4 is 0 Å². The van der Waals surface area contributed by atoms with E-state index in [9.17, 15) is 18.0 Å². The van der Waals surface area contributed by atoms with Crippen LogP contribution in [0.15, 0.2) is 52.8 Å². The zero-order valence-electron chi connectivity index (χ0n) is 17.3. The minimum atomic E-state index is -4.60. The highest BCUT2D eigenvalue weighted by Gasteiger charge is 2.33. The standard InChI is InChI=1S/C22H18ClF3N2O4/c1-14(8-9-15-10-11-17(23)12-19(15)22(24,25)26)27-32-13-16-6-4-5-7-18(16)20(28-31-3)21(29)30-2/h4-7,10-12H,13H2,1-3H3/b27-14+,28-20+. The fourth-order valence-electron chi connectivity index (χ4n) is 2.50. The summed E-state index contributed by atoms with van der Waals surface area (Å²) in [4.78, 5) is 21.9. The van der Waals surface area contributed by atoms with Gasteiger partial charge in [-0.2, -0.15) is 13.2 Å². The van der Waals surface area contributed by atoms with Gasteiger partial charge in [0.1, 0.15) is 19.4 Å². The third-order valence-corrected chi connectivity index (χ3v) is 4.16. The summed E-state index contributed by atoms with van der Waals surface area (Å²) in [6.07, 6.45) is -4.60. The van der Waals surface area contributed by atoms with Gasteiger partial charge in [0.2, 0.25) is 0 Å². The Kier molecular flexibility index (Phi) is 8.67. The van der Waals surface area contributed by atoms with E-state index in [0.717, 1.165) is 6.07 Å². The van der Waals surface area contributed by atoms with Gasteiger partial charge >= 0.3 is 12.1 Å². The van der Waals surface area contributed by atoms with Crippen molar-refractivity contribution in [2.24, 2.45) is 10.3 Å². The van der Waals surface area contributed by atoms with Gasteiger partial charge in [0, 0.05) is 21.7 Å². The number of methoxy groups -OCH3 is 1. The third kappa shape index (κ3) is 6.75. The number of carbonyl (C=O) groups is 1. The molecule has 2 rings (SSSR count). The van der Waals surface area contributed by atoms with Crippen molar-refractivity contribution in [3.8, 4) is 11.8 Å². The number of hydrogen-bond acceptors (Lipinski definition) is 6. The van der Waals surface area contributed by atoms with Crippen LogP contribution in [0.4, 0.5) is 13.2 Å². The first-order valence-electron chi connectivity index (χ1n) is 9.00. The molecule has 0 unspecified atom stereocenters. The minimum absolute atomic E-state index is 0.0430. The molecule has 0 saturated heterocycles. The highest BCUT2D eigenvalue weighted by Crippen LogP contribution is 2.33. The minimum Gasteiger partial charge on any atom is -0.464 e. The normalized spacial score (nSPS) is 12.0. The van der Waals surface area contributed by atoms with Gasteiger partial charge < -0.3 is 14.4 Å². The molecule has 6 nitrogen and oxygen atoms in total. The van der Waals surface area contributed by atoms with Crippen LogP contribution in [0.2, 0.25) is 5.02 Å². The SMILES string of the molecule is CO/N=C(/C(=O)OC)c1ccccc1CO/N=C(\C)C#Cc1ccc(Cl)cc1C(F)(F)F. The summed E-state index contributed by atoms with van der Waals surface area (Å²) < 4.78 is 44.2. The monoisotopic (exact) mass is 466 g/mol. The summed E-state index contributed by atoms with van der Waals surface area (Å²) in [5.41, 5.74) is -0.124. The van der Waals surface area contributed by atoms with Crippen molar-refractivity contribution in [2.75, 3.05) is 14.2 Å². The Morgan fingerprint density at radius 3 is 2.50 bits per heavy atom. The van der Waals surface area contributed by atoms with Gasteiger partial charge in [0.15, 0.2) is 5.71 Å². The number of halogens is 4. The molecule has 2 aromatic rings. The van der Waals surface area contributed by atoms with Crippen molar-refractivity contribution < 1.29 is 32.4 Å². The first kappa shape index (κ1) is 24.8. The molecule has 0 aromatic heterocycles. The summed E-state index contributed by atoms with van der Waals surface area (Å²) >= 11 is 5.66. The van der Waals surface area contributed by atoms with E-state index in [1.165, 1.54) is 33.3 Å². The fourth-order valence-corrected chi connectivity index (χ4v) is 2.67. The first-order valence-corrected chi connectivity index (χ1v) is 9.38. The number of rotatable bonds is 6.